The number of hydrogen-bond acceptors (Lipinski definition) is 5. The van der Waals surface area contributed by atoms with Gasteiger partial charge in [-0.15, -0.1) is 4.40 Å². The SMILES string of the molecule is O=C(Nc1ccc(Br)cc1Cl)c1ccc2c(c1)SC1=NS(=O)(=O)CCN12. The molecule has 0 radical (unpaired) electrons. The van der Waals surface area contributed by atoms with E-state index in [0.29, 0.717) is 28.0 Å². The maximum Gasteiger partial charge on any atom is 0.257 e. The molecule has 2 heterocycles. The zero-order chi connectivity index (χ0) is 18.5. The number of nitrogens with zero attached hydrogens (tertiary/aromatic N) is 2. The Kier molecular flexibility index (Phi) is 4.50. The van der Waals surface area contributed by atoms with Crippen LogP contribution in [0.25, 0.3) is 0 Å². The Morgan fingerprint density at radius 1 is 1.27 bits per heavy atom. The van der Waals surface area contributed by atoms with Crippen molar-refractivity contribution in [3.8, 4) is 0 Å². The van der Waals surface area contributed by atoms with Crippen LogP contribution in [-0.2, 0) is 10.0 Å². The van der Waals surface area contributed by atoms with Crippen LogP contribution in [-0.4, -0.2) is 31.8 Å². The molecule has 2 aliphatic rings. The van der Waals surface area contributed by atoms with Crippen LogP contribution in [0.1, 0.15) is 10.4 Å². The molecule has 0 saturated heterocycles. The van der Waals surface area contributed by atoms with Gasteiger partial charge >= 0.3 is 0 Å². The first-order chi connectivity index (χ1) is 12.3. The third kappa shape index (κ3) is 3.36. The van der Waals surface area contributed by atoms with E-state index < -0.39 is 10.0 Å². The van der Waals surface area contributed by atoms with Gasteiger partial charge in [0.2, 0.25) is 0 Å². The van der Waals surface area contributed by atoms with Gasteiger partial charge in [-0.2, -0.15) is 0 Å². The predicted octanol–water partition coefficient (Wildman–Crippen LogP) is 3.97. The third-order valence-corrected chi connectivity index (χ3v) is 7.03. The number of sulfonamides is 1. The number of benzene rings is 2. The molecule has 2 aromatic carbocycles. The molecule has 6 nitrogen and oxygen atoms in total. The number of fused-ring (bicyclic) bond motifs is 3. The van der Waals surface area contributed by atoms with Crippen LogP contribution in [0.15, 0.2) is 50.2 Å². The smallest absolute Gasteiger partial charge is 0.257 e. The first kappa shape index (κ1) is 17.8. The van der Waals surface area contributed by atoms with Crippen molar-refractivity contribution in [2.24, 2.45) is 4.40 Å². The van der Waals surface area contributed by atoms with E-state index >= 15 is 0 Å². The topological polar surface area (TPSA) is 78.8 Å². The molecule has 0 aliphatic carbocycles. The number of thioether (sulfide) groups is 1. The zero-order valence-electron chi connectivity index (χ0n) is 13.1. The Balaban J connectivity index is 1.60. The van der Waals surface area contributed by atoms with Crippen molar-refractivity contribution >= 4 is 71.8 Å². The summed E-state index contributed by atoms with van der Waals surface area (Å²) in [6.07, 6.45) is 0. The van der Waals surface area contributed by atoms with Crippen molar-refractivity contribution in [3.05, 3.63) is 51.5 Å². The van der Waals surface area contributed by atoms with E-state index in [1.807, 2.05) is 4.90 Å². The fraction of sp³-hybridized carbons (Fsp3) is 0.125. The number of carbonyl (C=O) groups excluding carboxylic acids is 1. The lowest BCUT2D eigenvalue weighted by Crippen LogP contribution is -2.35. The van der Waals surface area contributed by atoms with Crippen molar-refractivity contribution < 1.29 is 13.2 Å². The molecule has 4 rings (SSSR count). The molecular formula is C16H11BrClN3O3S2. The lowest BCUT2D eigenvalue weighted by Gasteiger charge is -2.22. The number of amidine groups is 1. The van der Waals surface area contributed by atoms with Gasteiger partial charge in [0.05, 0.1) is 22.2 Å². The summed E-state index contributed by atoms with van der Waals surface area (Å²) >= 11 is 10.7. The van der Waals surface area contributed by atoms with Crippen molar-refractivity contribution in [2.75, 3.05) is 22.5 Å². The van der Waals surface area contributed by atoms with Gasteiger partial charge in [0, 0.05) is 21.5 Å². The number of halogens is 2. The van der Waals surface area contributed by atoms with E-state index in [1.165, 1.54) is 11.8 Å². The lowest BCUT2D eigenvalue weighted by molar-refractivity contribution is 0.102. The highest BCUT2D eigenvalue weighted by molar-refractivity contribution is 9.10. The highest BCUT2D eigenvalue weighted by Crippen LogP contribution is 2.42. The Labute approximate surface area is 167 Å². The number of hydrogen-bond donors (Lipinski definition) is 1. The van der Waals surface area contributed by atoms with E-state index in [1.54, 1.807) is 36.4 Å². The Bertz CT molecular complexity index is 1070. The Morgan fingerprint density at radius 3 is 2.85 bits per heavy atom. The van der Waals surface area contributed by atoms with Gasteiger partial charge in [0.25, 0.3) is 15.9 Å². The van der Waals surface area contributed by atoms with Gasteiger partial charge in [-0.05, 0) is 48.2 Å². The first-order valence-corrected chi connectivity index (χ1v) is 11.1. The van der Waals surface area contributed by atoms with Gasteiger partial charge in [-0.25, -0.2) is 8.42 Å². The van der Waals surface area contributed by atoms with Gasteiger partial charge in [-0.3, -0.25) is 4.79 Å². The van der Waals surface area contributed by atoms with E-state index in [2.05, 4.69) is 25.6 Å². The summed E-state index contributed by atoms with van der Waals surface area (Å²) in [7, 11) is -3.40. The summed E-state index contributed by atoms with van der Waals surface area (Å²) in [5.74, 6) is -0.307. The highest BCUT2D eigenvalue weighted by Gasteiger charge is 2.33. The molecule has 134 valence electrons. The van der Waals surface area contributed by atoms with Crippen molar-refractivity contribution in [3.63, 3.8) is 0 Å². The highest BCUT2D eigenvalue weighted by atomic mass is 79.9. The molecule has 1 N–H and O–H groups in total. The average Bonchev–Trinajstić information content (AvgIpc) is 2.92. The number of anilines is 2. The molecule has 0 aromatic heterocycles. The summed E-state index contributed by atoms with van der Waals surface area (Å²) in [4.78, 5) is 15.2. The second kappa shape index (κ2) is 6.56. The molecule has 0 bridgehead atoms. The minimum absolute atomic E-state index is 0.0131. The second-order valence-corrected chi connectivity index (χ2v) is 9.76. The molecule has 0 saturated carbocycles. The molecule has 1 amide bonds. The minimum atomic E-state index is -3.40. The molecule has 0 spiro atoms. The fourth-order valence-corrected chi connectivity index (χ4v) is 5.67. The van der Waals surface area contributed by atoms with Crippen LogP contribution in [0.2, 0.25) is 5.02 Å². The Hall–Kier alpha value is -1.55. The average molecular weight is 473 g/mol. The quantitative estimate of drug-likeness (QED) is 0.715. The number of rotatable bonds is 2. The number of carbonyl (C=O) groups is 1. The maximum absolute atomic E-state index is 12.5. The van der Waals surface area contributed by atoms with Crippen LogP contribution < -0.4 is 10.2 Å². The number of nitrogens with one attached hydrogen (secondary N) is 1. The maximum atomic E-state index is 12.5. The molecule has 2 aromatic rings. The van der Waals surface area contributed by atoms with E-state index in [4.69, 9.17) is 11.6 Å². The normalized spacial score (nSPS) is 17.3. The minimum Gasteiger partial charge on any atom is -0.321 e. The molecule has 0 fully saturated rings. The van der Waals surface area contributed by atoms with Gasteiger partial charge in [0.1, 0.15) is 0 Å². The molecule has 26 heavy (non-hydrogen) atoms. The van der Waals surface area contributed by atoms with Gasteiger partial charge < -0.3 is 10.2 Å². The van der Waals surface area contributed by atoms with Crippen LogP contribution in [0, 0.1) is 0 Å². The molecule has 0 atom stereocenters. The third-order valence-electron chi connectivity index (χ3n) is 3.91. The van der Waals surface area contributed by atoms with Crippen molar-refractivity contribution in [1.29, 1.82) is 0 Å². The molecule has 10 heteroatoms. The fourth-order valence-electron chi connectivity index (χ4n) is 2.66. The van der Waals surface area contributed by atoms with E-state index in [0.717, 1.165) is 15.1 Å². The summed E-state index contributed by atoms with van der Waals surface area (Å²) in [5, 5.41) is 3.64. The monoisotopic (exact) mass is 471 g/mol. The first-order valence-electron chi connectivity index (χ1n) is 7.51. The zero-order valence-corrected chi connectivity index (χ0v) is 17.0. The number of amides is 1. The predicted molar refractivity (Wildman–Crippen MR) is 108 cm³/mol. The van der Waals surface area contributed by atoms with Gasteiger partial charge in [-0.1, -0.05) is 27.5 Å². The van der Waals surface area contributed by atoms with Gasteiger partial charge in [0.15, 0.2) is 5.17 Å². The summed E-state index contributed by atoms with van der Waals surface area (Å²) in [6.45, 7) is 0.362. The van der Waals surface area contributed by atoms with Crippen molar-refractivity contribution in [2.45, 2.75) is 4.90 Å². The standard InChI is InChI=1S/C16H11BrClN3O3S2/c17-10-2-3-12(11(18)8-10)19-15(22)9-1-4-13-14(7-9)25-16-20-26(23,24)6-5-21(13)16/h1-4,7-8H,5-6H2,(H,19,22). The van der Waals surface area contributed by atoms with Crippen LogP contribution in [0.3, 0.4) is 0 Å². The van der Waals surface area contributed by atoms with Crippen molar-refractivity contribution in [1.82, 2.24) is 0 Å². The molecular weight excluding hydrogens is 462 g/mol. The largest absolute Gasteiger partial charge is 0.321 e. The second-order valence-electron chi connectivity index (χ2n) is 5.67. The lowest BCUT2D eigenvalue weighted by atomic mass is 10.1. The van der Waals surface area contributed by atoms with Crippen LogP contribution in [0.4, 0.5) is 11.4 Å². The summed E-state index contributed by atoms with van der Waals surface area (Å²) in [6, 6.07) is 10.4. The molecule has 2 aliphatic heterocycles. The Morgan fingerprint density at radius 2 is 2.08 bits per heavy atom. The summed E-state index contributed by atoms with van der Waals surface area (Å²) in [5.41, 5.74) is 1.83. The van der Waals surface area contributed by atoms with E-state index in [9.17, 15) is 13.2 Å². The molecule has 0 unspecified atom stereocenters. The summed E-state index contributed by atoms with van der Waals surface area (Å²) < 4.78 is 28.0. The van der Waals surface area contributed by atoms with E-state index in [-0.39, 0.29) is 11.7 Å². The van der Waals surface area contributed by atoms with Crippen LogP contribution in [0.5, 0.6) is 0 Å². The van der Waals surface area contributed by atoms with Crippen LogP contribution >= 0.6 is 39.3 Å².